The maximum absolute atomic E-state index is 5.16. The Morgan fingerprint density at radius 2 is 0.768 bits per heavy atom. The van der Waals surface area contributed by atoms with Crippen molar-refractivity contribution in [2.24, 2.45) is 0 Å². The van der Waals surface area contributed by atoms with Gasteiger partial charge in [-0.25, -0.2) is 15.0 Å². The van der Waals surface area contributed by atoms with Gasteiger partial charge in [0.15, 0.2) is 17.5 Å². The summed E-state index contributed by atoms with van der Waals surface area (Å²) >= 11 is 1.78. The first-order valence-corrected chi connectivity index (χ1v) is 19.6. The molecule has 11 rings (SSSR count). The summed E-state index contributed by atoms with van der Waals surface area (Å²) in [6, 6.07) is 68.6. The largest absolute Gasteiger partial charge is 0.309 e. The SMILES string of the molecule is c1ccc(-c2ccc(-c3nc(-c4ccc(-c5ccc(-n6c7ccccc7c7ccccc76)cc5)cc4)nc(-c4cccc5c4sc4ccccc45)n3)cc2)cc1. The van der Waals surface area contributed by atoms with E-state index < -0.39 is 0 Å². The molecule has 11 aromatic rings. The van der Waals surface area contributed by atoms with E-state index in [4.69, 9.17) is 15.0 Å². The first-order valence-electron chi connectivity index (χ1n) is 18.8. The van der Waals surface area contributed by atoms with Crippen molar-refractivity contribution in [3.8, 4) is 62.1 Å². The maximum atomic E-state index is 5.16. The molecule has 0 aliphatic carbocycles. The molecule has 3 heterocycles. The number of thiophene rings is 1. The summed E-state index contributed by atoms with van der Waals surface area (Å²) in [6.45, 7) is 0. The second kappa shape index (κ2) is 13.3. The minimum atomic E-state index is 0.642. The minimum Gasteiger partial charge on any atom is -0.309 e. The average molecular weight is 733 g/mol. The molecule has 0 N–H and O–H groups in total. The number of nitrogens with zero attached hydrogens (tertiary/aromatic N) is 4. The van der Waals surface area contributed by atoms with E-state index in [1.54, 1.807) is 11.3 Å². The lowest BCUT2D eigenvalue weighted by molar-refractivity contribution is 1.08. The molecule has 0 unspecified atom stereocenters. The molecule has 4 nitrogen and oxygen atoms in total. The van der Waals surface area contributed by atoms with Gasteiger partial charge in [0, 0.05) is 53.3 Å². The Labute approximate surface area is 327 Å². The second-order valence-corrected chi connectivity index (χ2v) is 15.1. The Balaban J connectivity index is 0.981. The lowest BCUT2D eigenvalue weighted by Crippen LogP contribution is -2.00. The van der Waals surface area contributed by atoms with Gasteiger partial charge < -0.3 is 4.57 Å². The molecule has 0 spiro atoms. The van der Waals surface area contributed by atoms with E-state index in [0.717, 1.165) is 39.1 Å². The predicted octanol–water partition coefficient (Wildman–Crippen LogP) is 13.7. The third kappa shape index (κ3) is 5.48. The highest BCUT2D eigenvalue weighted by molar-refractivity contribution is 7.26. The van der Waals surface area contributed by atoms with Gasteiger partial charge in [0.25, 0.3) is 0 Å². The zero-order valence-corrected chi connectivity index (χ0v) is 31.0. The fourth-order valence-corrected chi connectivity index (χ4v) is 9.15. The molecule has 0 saturated heterocycles. The van der Waals surface area contributed by atoms with Crippen molar-refractivity contribution in [2.75, 3.05) is 0 Å². The second-order valence-electron chi connectivity index (χ2n) is 14.0. The zero-order valence-electron chi connectivity index (χ0n) is 30.2. The first kappa shape index (κ1) is 32.2. The van der Waals surface area contributed by atoms with Crippen LogP contribution in [0.1, 0.15) is 0 Å². The zero-order chi connectivity index (χ0) is 37.0. The smallest absolute Gasteiger partial charge is 0.165 e. The van der Waals surface area contributed by atoms with Gasteiger partial charge in [0.05, 0.1) is 11.0 Å². The third-order valence-corrected chi connectivity index (χ3v) is 11.9. The van der Waals surface area contributed by atoms with Crippen molar-refractivity contribution in [2.45, 2.75) is 0 Å². The molecule has 262 valence electrons. The Kier molecular flexibility index (Phi) is 7.64. The molecule has 5 heteroatoms. The standard InChI is InChI=1S/C51H32N4S/c1-2-11-33(12-3-1)34-21-25-37(26-22-34)49-52-50(54-51(53-49)44-17-10-16-43-42-15-6-9-20-47(42)56-48(43)44)38-27-23-35(24-28-38)36-29-31-39(32-30-36)55-45-18-7-4-13-40(45)41-14-5-8-19-46(41)55/h1-32H. The predicted molar refractivity (Wildman–Crippen MR) is 234 cm³/mol. The molecule has 0 atom stereocenters. The van der Waals surface area contributed by atoms with Crippen molar-refractivity contribution in [3.63, 3.8) is 0 Å². The van der Waals surface area contributed by atoms with Crippen LogP contribution in [0.2, 0.25) is 0 Å². The molecule has 0 bridgehead atoms. The van der Waals surface area contributed by atoms with E-state index in [2.05, 4.69) is 193 Å². The van der Waals surface area contributed by atoms with Crippen LogP contribution < -0.4 is 0 Å². The Bertz CT molecular complexity index is 3160. The summed E-state index contributed by atoms with van der Waals surface area (Å²) in [5.41, 5.74) is 11.0. The molecule has 8 aromatic carbocycles. The van der Waals surface area contributed by atoms with Gasteiger partial charge in [0.1, 0.15) is 0 Å². The summed E-state index contributed by atoms with van der Waals surface area (Å²) < 4.78 is 4.78. The molecule has 3 aromatic heterocycles. The minimum absolute atomic E-state index is 0.642. The third-order valence-electron chi connectivity index (χ3n) is 10.7. The van der Waals surface area contributed by atoms with Crippen molar-refractivity contribution in [3.05, 3.63) is 194 Å². The summed E-state index contributed by atoms with van der Waals surface area (Å²) in [7, 11) is 0. The highest BCUT2D eigenvalue weighted by atomic mass is 32.1. The summed E-state index contributed by atoms with van der Waals surface area (Å²) in [4.78, 5) is 15.4. The first-order chi connectivity index (χ1) is 27.7. The van der Waals surface area contributed by atoms with Crippen LogP contribution in [0, 0.1) is 0 Å². The van der Waals surface area contributed by atoms with Crippen molar-refractivity contribution in [1.82, 2.24) is 19.5 Å². The quantitative estimate of drug-likeness (QED) is 0.171. The molecular weight excluding hydrogens is 701 g/mol. The van der Waals surface area contributed by atoms with Crippen molar-refractivity contribution in [1.29, 1.82) is 0 Å². The average Bonchev–Trinajstić information content (AvgIpc) is 3.83. The van der Waals surface area contributed by atoms with Gasteiger partial charge >= 0.3 is 0 Å². The molecular formula is C51H32N4S. The van der Waals surface area contributed by atoms with Crippen molar-refractivity contribution >= 4 is 53.3 Å². The highest BCUT2D eigenvalue weighted by Gasteiger charge is 2.17. The van der Waals surface area contributed by atoms with Crippen LogP contribution in [0.4, 0.5) is 0 Å². The van der Waals surface area contributed by atoms with E-state index in [0.29, 0.717) is 17.5 Å². The van der Waals surface area contributed by atoms with Gasteiger partial charge in [-0.15, -0.1) is 11.3 Å². The van der Waals surface area contributed by atoms with Crippen molar-refractivity contribution < 1.29 is 0 Å². The van der Waals surface area contributed by atoms with Gasteiger partial charge in [-0.05, 0) is 58.7 Å². The molecule has 0 aliphatic heterocycles. The van der Waals surface area contributed by atoms with E-state index in [1.807, 2.05) is 6.07 Å². The summed E-state index contributed by atoms with van der Waals surface area (Å²) in [5.74, 6) is 1.95. The lowest BCUT2D eigenvalue weighted by atomic mass is 10.0. The molecule has 0 radical (unpaired) electrons. The van der Waals surface area contributed by atoms with Crippen LogP contribution in [0.3, 0.4) is 0 Å². The molecule has 0 aliphatic rings. The Morgan fingerprint density at radius 3 is 1.38 bits per heavy atom. The Hall–Kier alpha value is -7.21. The van der Waals surface area contributed by atoms with Crippen LogP contribution in [0.15, 0.2) is 194 Å². The normalized spacial score (nSPS) is 11.6. The lowest BCUT2D eigenvalue weighted by Gasteiger charge is -2.11. The summed E-state index contributed by atoms with van der Waals surface area (Å²) in [5, 5.41) is 4.99. The number of hydrogen-bond acceptors (Lipinski definition) is 4. The van der Waals surface area contributed by atoms with Crippen LogP contribution in [-0.4, -0.2) is 19.5 Å². The van der Waals surface area contributed by atoms with Crippen LogP contribution in [0.25, 0.3) is 104 Å². The summed E-state index contributed by atoms with van der Waals surface area (Å²) in [6.07, 6.45) is 0. The topological polar surface area (TPSA) is 43.6 Å². The fourth-order valence-electron chi connectivity index (χ4n) is 7.94. The number of aromatic nitrogens is 4. The monoisotopic (exact) mass is 732 g/mol. The number of fused-ring (bicyclic) bond motifs is 6. The molecule has 56 heavy (non-hydrogen) atoms. The van der Waals surface area contributed by atoms with Gasteiger partial charge in [-0.2, -0.15) is 0 Å². The molecule has 0 fully saturated rings. The fraction of sp³-hybridized carbons (Fsp3) is 0. The van der Waals surface area contributed by atoms with E-state index in [-0.39, 0.29) is 0 Å². The number of hydrogen-bond donors (Lipinski definition) is 0. The van der Waals surface area contributed by atoms with Gasteiger partial charge in [0.2, 0.25) is 0 Å². The highest BCUT2D eigenvalue weighted by Crippen LogP contribution is 2.40. The molecule has 0 saturated carbocycles. The van der Waals surface area contributed by atoms with E-state index in [1.165, 1.54) is 47.5 Å². The van der Waals surface area contributed by atoms with Gasteiger partial charge in [-0.3, -0.25) is 0 Å². The van der Waals surface area contributed by atoms with E-state index >= 15 is 0 Å². The number of para-hydroxylation sites is 2. The molecule has 0 amide bonds. The van der Waals surface area contributed by atoms with Crippen LogP contribution >= 0.6 is 11.3 Å². The number of rotatable bonds is 6. The maximum Gasteiger partial charge on any atom is 0.165 e. The van der Waals surface area contributed by atoms with Crippen LogP contribution in [-0.2, 0) is 0 Å². The number of benzene rings is 8. The Morgan fingerprint density at radius 1 is 0.321 bits per heavy atom. The van der Waals surface area contributed by atoms with E-state index in [9.17, 15) is 0 Å². The van der Waals surface area contributed by atoms with Crippen LogP contribution in [0.5, 0.6) is 0 Å². The van der Waals surface area contributed by atoms with Gasteiger partial charge in [-0.1, -0.05) is 158 Å².